The molecule has 0 spiro atoms. The van der Waals surface area contributed by atoms with E-state index >= 15 is 0 Å². The maximum atomic E-state index is 12.3. The number of fused-ring (bicyclic) bond motifs is 1. The predicted molar refractivity (Wildman–Crippen MR) is 147 cm³/mol. The molecule has 0 radical (unpaired) electrons. The summed E-state index contributed by atoms with van der Waals surface area (Å²) in [6.07, 6.45) is 8.19. The Hall–Kier alpha value is -2.67. The lowest BCUT2D eigenvalue weighted by Gasteiger charge is -2.27. The zero-order valence-electron chi connectivity index (χ0n) is 21.8. The fourth-order valence-electron chi connectivity index (χ4n) is 4.51. The van der Waals surface area contributed by atoms with E-state index in [9.17, 15) is 4.79 Å². The number of para-hydroxylation sites is 1. The average Bonchev–Trinajstić information content (AvgIpc) is 2.88. The third-order valence-electron chi connectivity index (χ3n) is 6.51. The Labute approximate surface area is 214 Å². The smallest absolute Gasteiger partial charge is 0.254 e. The van der Waals surface area contributed by atoms with Gasteiger partial charge in [-0.2, -0.15) is 0 Å². The van der Waals surface area contributed by atoms with Crippen LogP contribution in [0.1, 0.15) is 62.1 Å². The van der Waals surface area contributed by atoms with Crippen molar-refractivity contribution >= 4 is 34.4 Å². The zero-order valence-corrected chi connectivity index (χ0v) is 22.6. The third kappa shape index (κ3) is 7.66. The molecule has 0 aliphatic heterocycles. The number of hydrogen-bond donors (Lipinski definition) is 1. The molecule has 0 unspecified atom stereocenters. The number of hydrogen-bond acceptors (Lipinski definition) is 6. The molecule has 7 heteroatoms. The van der Waals surface area contributed by atoms with Crippen LogP contribution in [0.4, 0.5) is 5.82 Å². The van der Waals surface area contributed by atoms with Gasteiger partial charge in [-0.15, -0.1) is 11.8 Å². The summed E-state index contributed by atoms with van der Waals surface area (Å²) in [6.45, 7) is 7.08. The monoisotopic (exact) mass is 493 g/mol. The summed E-state index contributed by atoms with van der Waals surface area (Å²) in [5.74, 6) is 4.30. The minimum absolute atomic E-state index is 0.0247. The van der Waals surface area contributed by atoms with Crippen molar-refractivity contribution in [1.82, 2.24) is 20.3 Å². The van der Waals surface area contributed by atoms with Gasteiger partial charge in [0.2, 0.25) is 0 Å². The number of thioether (sulfide) groups is 1. The van der Waals surface area contributed by atoms with Gasteiger partial charge in [0.1, 0.15) is 16.7 Å². The Kier molecular flexibility index (Phi) is 10.3. The normalized spacial score (nSPS) is 17.4. The van der Waals surface area contributed by atoms with Gasteiger partial charge in [-0.25, -0.2) is 15.0 Å². The highest BCUT2D eigenvalue weighted by atomic mass is 32.2. The number of carbonyl (C=O) groups is 1. The Morgan fingerprint density at radius 1 is 1.03 bits per heavy atom. The first-order chi connectivity index (χ1) is 16.9. The van der Waals surface area contributed by atoms with Crippen LogP contribution in [0, 0.1) is 18.8 Å². The van der Waals surface area contributed by atoms with Gasteiger partial charge < -0.3 is 10.2 Å². The molecule has 2 aromatic heterocycles. The zero-order chi connectivity index (χ0) is 25.2. The number of anilines is 1. The van der Waals surface area contributed by atoms with Crippen LogP contribution >= 0.6 is 11.8 Å². The summed E-state index contributed by atoms with van der Waals surface area (Å²) in [6, 6.07) is 11.8. The molecule has 6 nitrogen and oxygen atoms in total. The molecule has 3 aromatic rings. The molecule has 1 fully saturated rings. The molecule has 1 aliphatic carbocycles. The molecular weight excluding hydrogens is 454 g/mol. The highest BCUT2D eigenvalue weighted by molar-refractivity contribution is 7.99. The summed E-state index contributed by atoms with van der Waals surface area (Å²) in [7, 11) is 3.99. The molecule has 1 aliphatic rings. The molecule has 35 heavy (non-hydrogen) atoms. The van der Waals surface area contributed by atoms with E-state index in [-0.39, 0.29) is 5.91 Å². The van der Waals surface area contributed by atoms with Crippen molar-refractivity contribution in [3.8, 4) is 0 Å². The maximum absolute atomic E-state index is 12.3. The van der Waals surface area contributed by atoms with Gasteiger partial charge in [0.25, 0.3) is 5.91 Å². The molecule has 0 atom stereocenters. The molecule has 188 valence electrons. The number of nitrogens with zero attached hydrogens (tertiary/aromatic N) is 4. The highest BCUT2D eigenvalue weighted by Gasteiger charge is 2.21. The molecule has 1 saturated carbocycles. The minimum atomic E-state index is 0.0247. The molecule has 1 amide bonds. The fourth-order valence-corrected chi connectivity index (χ4v) is 5.23. The van der Waals surface area contributed by atoms with Gasteiger partial charge in [0, 0.05) is 32.2 Å². The van der Waals surface area contributed by atoms with Gasteiger partial charge in [-0.3, -0.25) is 4.79 Å². The van der Waals surface area contributed by atoms with Gasteiger partial charge in [-0.05, 0) is 61.6 Å². The van der Waals surface area contributed by atoms with Crippen LogP contribution in [0.2, 0.25) is 0 Å². The van der Waals surface area contributed by atoms with Gasteiger partial charge in [0.15, 0.2) is 0 Å². The van der Waals surface area contributed by atoms with Crippen molar-refractivity contribution in [3.05, 3.63) is 54.0 Å². The minimum Gasteiger partial charge on any atom is -0.362 e. The summed E-state index contributed by atoms with van der Waals surface area (Å²) in [5.41, 5.74) is 1.72. The molecular formula is C28H39N5OS. The van der Waals surface area contributed by atoms with E-state index < -0.39 is 0 Å². The van der Waals surface area contributed by atoms with Crippen molar-refractivity contribution in [2.75, 3.05) is 31.3 Å². The van der Waals surface area contributed by atoms with E-state index in [2.05, 4.69) is 34.1 Å². The van der Waals surface area contributed by atoms with Gasteiger partial charge >= 0.3 is 0 Å². The standard InChI is InChI=1S/C17H26N2OS.C11H13N3/c1-3-13-7-9-14(10-8-13)12-19-16(20)15-6-5-11-18-17(15)21-4-2;1-8-12-10-7-5-4-6-9(10)11(13-8)14(2)3/h5-6,11,13-14H,3-4,7-10,12H2,1-2H3,(H,19,20);4-7H,1-3H3. The molecule has 0 saturated heterocycles. The van der Waals surface area contributed by atoms with E-state index in [0.29, 0.717) is 11.5 Å². The summed E-state index contributed by atoms with van der Waals surface area (Å²) in [5, 5.41) is 5.05. The number of benzene rings is 1. The van der Waals surface area contributed by atoms with E-state index in [1.807, 2.05) is 62.3 Å². The number of rotatable bonds is 7. The van der Waals surface area contributed by atoms with Crippen LogP contribution in [0.3, 0.4) is 0 Å². The van der Waals surface area contributed by atoms with Crippen molar-refractivity contribution in [2.45, 2.75) is 57.9 Å². The Balaban J connectivity index is 0.000000211. The molecule has 2 heterocycles. The number of aromatic nitrogens is 3. The third-order valence-corrected chi connectivity index (χ3v) is 7.40. The van der Waals surface area contributed by atoms with Crippen LogP contribution in [0.15, 0.2) is 47.6 Å². The second-order valence-electron chi connectivity index (χ2n) is 9.30. The van der Waals surface area contributed by atoms with Gasteiger partial charge in [-0.1, -0.05) is 45.2 Å². The van der Waals surface area contributed by atoms with Crippen molar-refractivity contribution in [2.24, 2.45) is 11.8 Å². The number of amides is 1. The molecule has 4 rings (SSSR count). The Bertz CT molecular complexity index is 1100. The average molecular weight is 494 g/mol. The lowest BCUT2D eigenvalue weighted by atomic mass is 9.81. The van der Waals surface area contributed by atoms with Crippen molar-refractivity contribution in [3.63, 3.8) is 0 Å². The number of pyridine rings is 1. The van der Waals surface area contributed by atoms with E-state index in [4.69, 9.17) is 0 Å². The first kappa shape index (κ1) is 26.9. The Morgan fingerprint density at radius 3 is 2.43 bits per heavy atom. The fraction of sp³-hybridized carbons (Fsp3) is 0.500. The largest absolute Gasteiger partial charge is 0.362 e. The van der Waals surface area contributed by atoms with Crippen LogP contribution in [0.5, 0.6) is 0 Å². The quantitative estimate of drug-likeness (QED) is 0.398. The van der Waals surface area contributed by atoms with Gasteiger partial charge in [0.05, 0.1) is 11.1 Å². The molecule has 1 aromatic carbocycles. The lowest BCUT2D eigenvalue weighted by Crippen LogP contribution is -2.31. The SMILES string of the molecule is CCSc1ncccc1C(=O)NCC1CCC(CC)CC1.Cc1nc(N(C)C)c2ccccc2n1. The second-order valence-corrected chi connectivity index (χ2v) is 10.6. The van der Waals surface area contributed by atoms with Crippen molar-refractivity contribution in [1.29, 1.82) is 0 Å². The van der Waals surface area contributed by atoms with E-state index in [0.717, 1.165) is 45.8 Å². The topological polar surface area (TPSA) is 71.0 Å². The summed E-state index contributed by atoms with van der Waals surface area (Å²) < 4.78 is 0. The van der Waals surface area contributed by atoms with Crippen LogP contribution in [0.25, 0.3) is 10.9 Å². The summed E-state index contributed by atoms with van der Waals surface area (Å²) >= 11 is 1.62. The number of aryl methyl sites for hydroxylation is 1. The molecule has 0 bridgehead atoms. The summed E-state index contributed by atoms with van der Waals surface area (Å²) in [4.78, 5) is 27.5. The highest BCUT2D eigenvalue weighted by Crippen LogP contribution is 2.30. The maximum Gasteiger partial charge on any atom is 0.254 e. The van der Waals surface area contributed by atoms with Crippen molar-refractivity contribution < 1.29 is 4.79 Å². The van der Waals surface area contributed by atoms with Crippen LogP contribution < -0.4 is 10.2 Å². The molecule has 1 N–H and O–H groups in total. The second kappa shape index (κ2) is 13.4. The van der Waals surface area contributed by atoms with E-state index in [1.54, 1.807) is 18.0 Å². The van der Waals surface area contributed by atoms with E-state index in [1.165, 1.54) is 32.1 Å². The first-order valence-electron chi connectivity index (χ1n) is 12.7. The van der Waals surface area contributed by atoms with Crippen LogP contribution in [-0.4, -0.2) is 47.3 Å². The van der Waals surface area contributed by atoms with Crippen LogP contribution in [-0.2, 0) is 0 Å². The number of carbonyl (C=O) groups excluding carboxylic acids is 1. The number of nitrogens with one attached hydrogen (secondary N) is 1. The Morgan fingerprint density at radius 2 is 1.74 bits per heavy atom. The predicted octanol–water partition coefficient (Wildman–Crippen LogP) is 6.14. The lowest BCUT2D eigenvalue weighted by molar-refractivity contribution is 0.0937. The first-order valence-corrected chi connectivity index (χ1v) is 13.7.